The molecular formula is C11H17N3O4. The van der Waals surface area contributed by atoms with Gasteiger partial charge in [0.25, 0.3) is 0 Å². The van der Waals surface area contributed by atoms with Gasteiger partial charge in [-0.3, -0.25) is 16.0 Å². The summed E-state index contributed by atoms with van der Waals surface area (Å²) in [4.78, 5) is 10.5. The maximum absolute atomic E-state index is 11.0. The summed E-state index contributed by atoms with van der Waals surface area (Å²) in [5, 5.41) is 11.0. The van der Waals surface area contributed by atoms with E-state index in [-0.39, 0.29) is 23.2 Å². The van der Waals surface area contributed by atoms with E-state index in [1.165, 1.54) is 12.1 Å². The van der Waals surface area contributed by atoms with Gasteiger partial charge in [-0.1, -0.05) is 6.07 Å². The zero-order valence-electron chi connectivity index (χ0n) is 10.4. The standard InChI is InChI=1S/C11H17N3O4/c1-3-17-7-8(2)18-10-6-4-5-9(13-12)11(10)14(15)16/h4-6,8,13H,3,7,12H2,1-2H3. The van der Waals surface area contributed by atoms with Crippen molar-refractivity contribution in [3.63, 3.8) is 0 Å². The van der Waals surface area contributed by atoms with Gasteiger partial charge in [0.2, 0.25) is 0 Å². The molecule has 0 amide bonds. The van der Waals surface area contributed by atoms with Crippen molar-refractivity contribution in [2.45, 2.75) is 20.0 Å². The molecule has 1 aromatic rings. The van der Waals surface area contributed by atoms with Crippen molar-refractivity contribution in [1.29, 1.82) is 0 Å². The van der Waals surface area contributed by atoms with Gasteiger partial charge in [0.1, 0.15) is 11.8 Å². The average molecular weight is 255 g/mol. The van der Waals surface area contributed by atoms with Gasteiger partial charge < -0.3 is 14.9 Å². The molecule has 0 aromatic heterocycles. The Hall–Kier alpha value is -1.86. The van der Waals surface area contributed by atoms with Crippen molar-refractivity contribution in [2.24, 2.45) is 5.84 Å². The minimum absolute atomic E-state index is 0.169. The quantitative estimate of drug-likeness (QED) is 0.437. The SMILES string of the molecule is CCOCC(C)Oc1cccc(NN)c1[N+](=O)[O-]. The van der Waals surface area contributed by atoms with Crippen molar-refractivity contribution >= 4 is 11.4 Å². The number of nitro groups is 1. The molecule has 0 heterocycles. The molecule has 3 N–H and O–H groups in total. The number of nitrogen functional groups attached to an aromatic ring is 1. The first-order valence-corrected chi connectivity index (χ1v) is 5.58. The molecule has 0 bridgehead atoms. The van der Waals surface area contributed by atoms with Gasteiger partial charge in [0, 0.05) is 6.61 Å². The number of nitrogens with zero attached hydrogens (tertiary/aromatic N) is 1. The highest BCUT2D eigenvalue weighted by Gasteiger charge is 2.21. The van der Waals surface area contributed by atoms with Crippen LogP contribution in [-0.2, 0) is 4.74 Å². The van der Waals surface area contributed by atoms with E-state index in [2.05, 4.69) is 5.43 Å². The number of hydrogen-bond acceptors (Lipinski definition) is 6. The number of para-hydroxylation sites is 1. The van der Waals surface area contributed by atoms with Crippen LogP contribution in [0.2, 0.25) is 0 Å². The Morgan fingerprint density at radius 3 is 2.83 bits per heavy atom. The lowest BCUT2D eigenvalue weighted by Crippen LogP contribution is -2.20. The van der Waals surface area contributed by atoms with Gasteiger partial charge in [-0.2, -0.15) is 0 Å². The molecule has 1 atom stereocenters. The topological polar surface area (TPSA) is 99.7 Å². The van der Waals surface area contributed by atoms with Crippen molar-refractivity contribution in [1.82, 2.24) is 0 Å². The first kappa shape index (κ1) is 14.2. The summed E-state index contributed by atoms with van der Waals surface area (Å²) in [6.07, 6.45) is -0.281. The van der Waals surface area contributed by atoms with E-state index in [0.717, 1.165) is 0 Å². The molecule has 0 aliphatic carbocycles. The molecule has 0 spiro atoms. The molecule has 1 aromatic carbocycles. The molecule has 1 unspecified atom stereocenters. The Morgan fingerprint density at radius 2 is 2.28 bits per heavy atom. The van der Waals surface area contributed by atoms with Crippen molar-refractivity contribution in [3.05, 3.63) is 28.3 Å². The fourth-order valence-corrected chi connectivity index (χ4v) is 1.46. The molecule has 0 aliphatic rings. The van der Waals surface area contributed by atoms with Crippen LogP contribution in [0.1, 0.15) is 13.8 Å². The molecule has 0 saturated heterocycles. The van der Waals surface area contributed by atoms with E-state index in [0.29, 0.717) is 13.2 Å². The summed E-state index contributed by atoms with van der Waals surface area (Å²) in [5.74, 6) is 5.40. The fraction of sp³-hybridized carbons (Fsp3) is 0.455. The van der Waals surface area contributed by atoms with E-state index >= 15 is 0 Å². The molecule has 7 heteroatoms. The highest BCUT2D eigenvalue weighted by Crippen LogP contribution is 2.34. The maximum atomic E-state index is 11.0. The van der Waals surface area contributed by atoms with Crippen LogP contribution in [0.5, 0.6) is 5.75 Å². The second-order valence-corrected chi connectivity index (χ2v) is 3.64. The predicted molar refractivity (Wildman–Crippen MR) is 67.5 cm³/mol. The summed E-state index contributed by atoms with van der Waals surface area (Å²) in [6, 6.07) is 4.67. The number of rotatable bonds is 7. The third kappa shape index (κ3) is 3.57. The van der Waals surface area contributed by atoms with Crippen LogP contribution >= 0.6 is 0 Å². The van der Waals surface area contributed by atoms with E-state index < -0.39 is 4.92 Å². The smallest absolute Gasteiger partial charge is 0.335 e. The summed E-state index contributed by atoms with van der Waals surface area (Å²) in [6.45, 7) is 4.59. The van der Waals surface area contributed by atoms with Crippen LogP contribution in [0.15, 0.2) is 18.2 Å². The van der Waals surface area contributed by atoms with E-state index in [1.54, 1.807) is 13.0 Å². The zero-order chi connectivity index (χ0) is 13.5. The van der Waals surface area contributed by atoms with Crippen LogP contribution in [-0.4, -0.2) is 24.2 Å². The van der Waals surface area contributed by atoms with Gasteiger partial charge in [0.05, 0.1) is 11.5 Å². The molecule has 0 fully saturated rings. The van der Waals surface area contributed by atoms with Crippen molar-refractivity contribution in [3.8, 4) is 5.75 Å². The molecular weight excluding hydrogens is 238 g/mol. The van der Waals surface area contributed by atoms with E-state index in [9.17, 15) is 10.1 Å². The van der Waals surface area contributed by atoms with Gasteiger partial charge in [-0.05, 0) is 26.0 Å². The minimum Gasteiger partial charge on any atom is -0.481 e. The first-order chi connectivity index (χ1) is 8.60. The van der Waals surface area contributed by atoms with Crippen molar-refractivity contribution in [2.75, 3.05) is 18.6 Å². The monoisotopic (exact) mass is 255 g/mol. The molecule has 100 valence electrons. The van der Waals surface area contributed by atoms with Crippen LogP contribution < -0.4 is 16.0 Å². The third-order valence-corrected chi connectivity index (χ3v) is 2.22. The van der Waals surface area contributed by atoms with Crippen LogP contribution in [0.4, 0.5) is 11.4 Å². The normalized spacial score (nSPS) is 11.9. The average Bonchev–Trinajstić information content (AvgIpc) is 2.35. The fourth-order valence-electron chi connectivity index (χ4n) is 1.46. The van der Waals surface area contributed by atoms with Crippen molar-refractivity contribution < 1.29 is 14.4 Å². The number of anilines is 1. The lowest BCUT2D eigenvalue weighted by atomic mass is 10.2. The largest absolute Gasteiger partial charge is 0.481 e. The summed E-state index contributed by atoms with van der Waals surface area (Å²) in [5.41, 5.74) is 2.31. The Morgan fingerprint density at radius 1 is 1.56 bits per heavy atom. The van der Waals surface area contributed by atoms with Crippen LogP contribution in [0.25, 0.3) is 0 Å². The summed E-state index contributed by atoms with van der Waals surface area (Å²) >= 11 is 0. The molecule has 0 saturated carbocycles. The van der Waals surface area contributed by atoms with Gasteiger partial charge >= 0.3 is 5.69 Å². The number of nitrogens with two attached hydrogens (primary N) is 1. The Balaban J connectivity index is 2.90. The zero-order valence-corrected chi connectivity index (χ0v) is 10.4. The van der Waals surface area contributed by atoms with Crippen LogP contribution in [0, 0.1) is 10.1 Å². The minimum atomic E-state index is -0.530. The molecule has 0 aliphatic heterocycles. The molecule has 1 rings (SSSR count). The number of hydrazine groups is 1. The maximum Gasteiger partial charge on any atom is 0.335 e. The van der Waals surface area contributed by atoms with E-state index in [4.69, 9.17) is 15.3 Å². The molecule has 7 nitrogen and oxygen atoms in total. The lowest BCUT2D eigenvalue weighted by molar-refractivity contribution is -0.385. The number of nitro benzene ring substituents is 1. The number of benzene rings is 1. The summed E-state index contributed by atoms with van der Waals surface area (Å²) < 4.78 is 10.7. The highest BCUT2D eigenvalue weighted by molar-refractivity contribution is 5.67. The molecule has 0 radical (unpaired) electrons. The second kappa shape index (κ2) is 6.77. The lowest BCUT2D eigenvalue weighted by Gasteiger charge is -2.15. The van der Waals surface area contributed by atoms with Gasteiger partial charge in [-0.25, -0.2) is 0 Å². The molecule has 18 heavy (non-hydrogen) atoms. The Kier molecular flexibility index (Phi) is 5.34. The highest BCUT2D eigenvalue weighted by atomic mass is 16.6. The number of hydrogen-bond donors (Lipinski definition) is 2. The van der Waals surface area contributed by atoms with Crippen LogP contribution in [0.3, 0.4) is 0 Å². The van der Waals surface area contributed by atoms with Gasteiger partial charge in [-0.15, -0.1) is 0 Å². The number of ether oxygens (including phenoxy) is 2. The van der Waals surface area contributed by atoms with E-state index in [1.807, 2.05) is 6.92 Å². The third-order valence-electron chi connectivity index (χ3n) is 2.22. The first-order valence-electron chi connectivity index (χ1n) is 5.58. The Labute approximate surface area is 105 Å². The number of nitrogens with one attached hydrogen (secondary N) is 1. The predicted octanol–water partition coefficient (Wildman–Crippen LogP) is 1.68. The second-order valence-electron chi connectivity index (χ2n) is 3.64. The Bertz CT molecular complexity index is 411. The summed E-state index contributed by atoms with van der Waals surface area (Å²) in [7, 11) is 0. The van der Waals surface area contributed by atoms with Gasteiger partial charge in [0.15, 0.2) is 5.75 Å².